The molecule has 1 N–H and O–H groups in total. The van der Waals surface area contributed by atoms with Crippen LogP contribution in [0.15, 0.2) is 30.3 Å². The Morgan fingerprint density at radius 3 is 2.50 bits per heavy atom. The van der Waals surface area contributed by atoms with Crippen molar-refractivity contribution in [2.75, 3.05) is 32.8 Å². The van der Waals surface area contributed by atoms with Crippen LogP contribution in [0.2, 0.25) is 0 Å². The zero-order chi connectivity index (χ0) is 15.8. The topological polar surface area (TPSA) is 43.8 Å². The number of piperidine rings is 1. The first-order valence-electron chi connectivity index (χ1n) is 8.45. The molecule has 0 aromatic heterocycles. The van der Waals surface area contributed by atoms with Crippen LogP contribution in [0, 0.1) is 0 Å². The number of rotatable bonds is 7. The average Bonchev–Trinajstić information content (AvgIpc) is 2.59. The fourth-order valence-electron chi connectivity index (χ4n) is 3.24. The number of benzene rings is 1. The summed E-state index contributed by atoms with van der Waals surface area (Å²) in [5.74, 6) is 0.149. The molecule has 0 saturated carbocycles. The van der Waals surface area contributed by atoms with E-state index >= 15 is 0 Å². The number of likely N-dealkylation sites (tertiary alicyclic amines) is 1. The maximum atomic E-state index is 12.5. The Labute approximate surface area is 133 Å². The third-order valence-electron chi connectivity index (χ3n) is 4.40. The number of nitrogens with zero attached hydrogens (tertiary/aromatic N) is 2. The second-order valence-corrected chi connectivity index (χ2v) is 6.00. The van der Waals surface area contributed by atoms with Crippen molar-refractivity contribution < 1.29 is 9.90 Å². The molecule has 122 valence electrons. The molecule has 1 saturated heterocycles. The van der Waals surface area contributed by atoms with Crippen LogP contribution in [-0.2, 0) is 0 Å². The summed E-state index contributed by atoms with van der Waals surface area (Å²) in [4.78, 5) is 16.9. The first-order chi connectivity index (χ1) is 10.8. The van der Waals surface area contributed by atoms with Crippen LogP contribution in [0.25, 0.3) is 0 Å². The van der Waals surface area contributed by atoms with Crippen molar-refractivity contribution >= 4 is 5.91 Å². The van der Waals surface area contributed by atoms with Gasteiger partial charge in [0.25, 0.3) is 5.91 Å². The lowest BCUT2D eigenvalue weighted by Gasteiger charge is -2.38. The summed E-state index contributed by atoms with van der Waals surface area (Å²) in [5.41, 5.74) is 0.784. The Kier molecular flexibility index (Phi) is 6.87. The highest BCUT2D eigenvalue weighted by molar-refractivity contribution is 5.94. The fourth-order valence-corrected chi connectivity index (χ4v) is 3.24. The Morgan fingerprint density at radius 2 is 1.91 bits per heavy atom. The van der Waals surface area contributed by atoms with Crippen molar-refractivity contribution in [2.24, 2.45) is 0 Å². The van der Waals surface area contributed by atoms with Crippen molar-refractivity contribution in [3.05, 3.63) is 35.9 Å². The van der Waals surface area contributed by atoms with Crippen molar-refractivity contribution in [3.8, 4) is 0 Å². The lowest BCUT2D eigenvalue weighted by molar-refractivity contribution is 0.0610. The minimum Gasteiger partial charge on any atom is -0.396 e. The summed E-state index contributed by atoms with van der Waals surface area (Å²) in [6, 6.07) is 10.1. The molecule has 1 aliphatic heterocycles. The number of aliphatic hydroxyl groups excluding tert-OH is 1. The Bertz CT molecular complexity index is 442. The molecular formula is C18H28N2O2. The normalized spacial score (nSPS) is 16.2. The van der Waals surface area contributed by atoms with E-state index in [2.05, 4.69) is 11.8 Å². The van der Waals surface area contributed by atoms with Gasteiger partial charge in [-0.3, -0.25) is 4.79 Å². The van der Waals surface area contributed by atoms with E-state index in [1.807, 2.05) is 35.2 Å². The minimum atomic E-state index is 0.149. The molecule has 1 fully saturated rings. The van der Waals surface area contributed by atoms with Crippen LogP contribution in [-0.4, -0.2) is 59.6 Å². The van der Waals surface area contributed by atoms with Crippen molar-refractivity contribution in [1.29, 1.82) is 0 Å². The summed E-state index contributed by atoms with van der Waals surface area (Å²) in [6.07, 6.45) is 4.03. The van der Waals surface area contributed by atoms with Crippen LogP contribution in [0.4, 0.5) is 0 Å². The number of amides is 1. The molecule has 1 amide bonds. The highest BCUT2D eigenvalue weighted by Crippen LogP contribution is 2.19. The van der Waals surface area contributed by atoms with Gasteiger partial charge in [0.1, 0.15) is 0 Å². The molecule has 1 aliphatic rings. The van der Waals surface area contributed by atoms with E-state index in [0.717, 1.165) is 57.4 Å². The Hall–Kier alpha value is -1.39. The van der Waals surface area contributed by atoms with Crippen LogP contribution >= 0.6 is 0 Å². The van der Waals surface area contributed by atoms with Gasteiger partial charge >= 0.3 is 0 Å². The van der Waals surface area contributed by atoms with Gasteiger partial charge < -0.3 is 14.9 Å². The quantitative estimate of drug-likeness (QED) is 0.841. The third-order valence-corrected chi connectivity index (χ3v) is 4.40. The summed E-state index contributed by atoms with van der Waals surface area (Å²) < 4.78 is 0. The third kappa shape index (κ3) is 4.55. The number of carbonyl (C=O) groups is 1. The second kappa shape index (κ2) is 8.91. The second-order valence-electron chi connectivity index (χ2n) is 6.00. The Morgan fingerprint density at radius 1 is 1.23 bits per heavy atom. The van der Waals surface area contributed by atoms with E-state index in [1.165, 1.54) is 0 Å². The summed E-state index contributed by atoms with van der Waals surface area (Å²) in [5, 5.41) is 9.04. The van der Waals surface area contributed by atoms with Crippen molar-refractivity contribution in [1.82, 2.24) is 9.80 Å². The largest absolute Gasteiger partial charge is 0.396 e. The zero-order valence-corrected chi connectivity index (χ0v) is 13.6. The molecule has 2 rings (SSSR count). The zero-order valence-electron chi connectivity index (χ0n) is 13.6. The highest BCUT2D eigenvalue weighted by Gasteiger charge is 2.26. The summed E-state index contributed by atoms with van der Waals surface area (Å²) in [6.45, 7) is 6.15. The minimum absolute atomic E-state index is 0.149. The smallest absolute Gasteiger partial charge is 0.253 e. The number of hydrogen-bond acceptors (Lipinski definition) is 3. The predicted octanol–water partition coefficient (Wildman–Crippen LogP) is 2.39. The van der Waals surface area contributed by atoms with Crippen LogP contribution in [0.5, 0.6) is 0 Å². The van der Waals surface area contributed by atoms with Gasteiger partial charge in [0, 0.05) is 37.8 Å². The number of carbonyl (C=O) groups excluding carboxylic acids is 1. The van der Waals surface area contributed by atoms with Gasteiger partial charge in [0.15, 0.2) is 0 Å². The molecule has 1 aromatic carbocycles. The molecule has 0 bridgehead atoms. The lowest BCUT2D eigenvalue weighted by Crippen LogP contribution is -2.47. The molecule has 0 unspecified atom stereocenters. The molecule has 0 aliphatic carbocycles. The van der Waals surface area contributed by atoms with Crippen molar-refractivity contribution in [2.45, 2.75) is 38.6 Å². The molecule has 0 radical (unpaired) electrons. The van der Waals surface area contributed by atoms with Crippen molar-refractivity contribution in [3.63, 3.8) is 0 Å². The summed E-state index contributed by atoms with van der Waals surface area (Å²) in [7, 11) is 0. The Balaban J connectivity index is 1.87. The lowest BCUT2D eigenvalue weighted by atomic mass is 10.0. The maximum Gasteiger partial charge on any atom is 0.253 e. The van der Waals surface area contributed by atoms with E-state index in [1.54, 1.807) is 0 Å². The number of aliphatic hydroxyl groups is 1. The van der Waals surface area contributed by atoms with Gasteiger partial charge in [-0.2, -0.15) is 0 Å². The molecule has 1 heterocycles. The first kappa shape index (κ1) is 17.0. The first-order valence-corrected chi connectivity index (χ1v) is 8.45. The predicted molar refractivity (Wildman–Crippen MR) is 88.9 cm³/mol. The van der Waals surface area contributed by atoms with Gasteiger partial charge in [-0.05, 0) is 44.4 Å². The van der Waals surface area contributed by atoms with E-state index in [0.29, 0.717) is 6.04 Å². The van der Waals surface area contributed by atoms with Gasteiger partial charge in [0.2, 0.25) is 0 Å². The van der Waals surface area contributed by atoms with Crippen LogP contribution < -0.4 is 0 Å². The highest BCUT2D eigenvalue weighted by atomic mass is 16.3. The van der Waals surface area contributed by atoms with E-state index in [4.69, 9.17) is 5.11 Å². The van der Waals surface area contributed by atoms with Gasteiger partial charge in [-0.15, -0.1) is 0 Å². The average molecular weight is 304 g/mol. The van der Waals surface area contributed by atoms with E-state index < -0.39 is 0 Å². The fraction of sp³-hybridized carbons (Fsp3) is 0.611. The van der Waals surface area contributed by atoms with Gasteiger partial charge in [0.05, 0.1) is 0 Å². The maximum absolute atomic E-state index is 12.5. The molecule has 22 heavy (non-hydrogen) atoms. The molecule has 0 spiro atoms. The van der Waals surface area contributed by atoms with E-state index in [9.17, 15) is 4.79 Å². The monoisotopic (exact) mass is 304 g/mol. The molecule has 0 atom stereocenters. The molecule has 1 aromatic rings. The van der Waals surface area contributed by atoms with Gasteiger partial charge in [-0.25, -0.2) is 0 Å². The van der Waals surface area contributed by atoms with Gasteiger partial charge in [-0.1, -0.05) is 25.1 Å². The molecule has 4 nitrogen and oxygen atoms in total. The standard InChI is InChI=1S/C18H28N2O2/c1-2-11-19(12-6-15-21)17-9-13-20(14-10-17)18(22)16-7-4-3-5-8-16/h3-5,7-8,17,21H,2,6,9-15H2,1H3. The van der Waals surface area contributed by atoms with Crippen LogP contribution in [0.1, 0.15) is 43.0 Å². The summed E-state index contributed by atoms with van der Waals surface area (Å²) >= 11 is 0. The number of hydrogen-bond donors (Lipinski definition) is 1. The molecular weight excluding hydrogens is 276 g/mol. The SMILES string of the molecule is CCCN(CCCO)C1CCN(C(=O)c2ccccc2)CC1. The van der Waals surface area contributed by atoms with E-state index in [-0.39, 0.29) is 12.5 Å². The molecule has 4 heteroatoms. The van der Waals surface area contributed by atoms with Crippen LogP contribution in [0.3, 0.4) is 0 Å².